The molecule has 0 N–H and O–H groups in total. The minimum absolute atomic E-state index is 0.0456. The minimum Gasteiger partial charge on any atom is -0.489 e. The number of hydrogen-bond acceptors (Lipinski definition) is 6. The van der Waals surface area contributed by atoms with Crippen LogP contribution in [0.3, 0.4) is 0 Å². The first-order chi connectivity index (χ1) is 12.2. The van der Waals surface area contributed by atoms with Gasteiger partial charge in [0.15, 0.2) is 0 Å². The number of tetrazole rings is 1. The van der Waals surface area contributed by atoms with Crippen molar-refractivity contribution in [3.8, 4) is 5.75 Å². The highest BCUT2D eigenvalue weighted by molar-refractivity contribution is 5.32. The van der Waals surface area contributed by atoms with E-state index < -0.39 is 0 Å². The lowest BCUT2D eigenvalue weighted by Crippen LogP contribution is -2.31. The highest BCUT2D eigenvalue weighted by Crippen LogP contribution is 2.29. The molecule has 2 saturated heterocycles. The van der Waals surface area contributed by atoms with E-state index in [9.17, 15) is 4.39 Å². The van der Waals surface area contributed by atoms with E-state index >= 15 is 0 Å². The van der Waals surface area contributed by atoms with E-state index in [4.69, 9.17) is 9.47 Å². The van der Waals surface area contributed by atoms with Gasteiger partial charge in [0.2, 0.25) is 5.95 Å². The molecule has 7 nitrogen and oxygen atoms in total. The first-order valence-electron chi connectivity index (χ1n) is 8.75. The zero-order chi connectivity index (χ0) is 17.2. The Morgan fingerprint density at radius 1 is 1.24 bits per heavy atom. The number of nitrogens with zero attached hydrogens (tertiary/aromatic N) is 5. The molecule has 0 radical (unpaired) electrons. The predicted molar refractivity (Wildman–Crippen MR) is 89.1 cm³/mol. The quantitative estimate of drug-likeness (QED) is 0.845. The van der Waals surface area contributed by atoms with Crippen molar-refractivity contribution in [3.05, 3.63) is 30.1 Å². The average molecular weight is 347 g/mol. The predicted octanol–water partition coefficient (Wildman–Crippen LogP) is 2.21. The van der Waals surface area contributed by atoms with Crippen molar-refractivity contribution in [3.63, 3.8) is 0 Å². The van der Waals surface area contributed by atoms with Crippen LogP contribution in [0.25, 0.3) is 0 Å². The second kappa shape index (κ2) is 6.95. The van der Waals surface area contributed by atoms with Crippen molar-refractivity contribution >= 4 is 5.95 Å². The molecule has 0 spiro atoms. The minimum atomic E-state index is -0.259. The molecule has 2 aromatic rings. The molecule has 0 bridgehead atoms. The van der Waals surface area contributed by atoms with Crippen molar-refractivity contribution in [1.29, 1.82) is 0 Å². The number of benzene rings is 1. The van der Waals surface area contributed by atoms with Gasteiger partial charge in [0.25, 0.3) is 0 Å². The second-order valence-corrected chi connectivity index (χ2v) is 6.71. The van der Waals surface area contributed by atoms with Gasteiger partial charge in [0.1, 0.15) is 17.7 Å². The Morgan fingerprint density at radius 3 is 2.88 bits per heavy atom. The molecule has 2 fully saturated rings. The Hall–Kier alpha value is -2.22. The van der Waals surface area contributed by atoms with Gasteiger partial charge in [-0.05, 0) is 54.5 Å². The maximum Gasteiger partial charge on any atom is 0.245 e. The SMILES string of the molecule is CC1CC(n2nnnc2N2CC[C@H](Oc3ccc(F)cc3)C2)CCO1. The first kappa shape index (κ1) is 16.3. The Labute approximate surface area is 145 Å². The standard InChI is InChI=1S/C17H22FN5O2/c1-12-10-14(7-9-24-12)23-17(19-20-21-23)22-8-6-16(11-22)25-15-4-2-13(18)3-5-15/h2-5,12,14,16H,6-11H2,1H3/t12?,14?,16-/m0/s1. The molecule has 3 heterocycles. The van der Waals surface area contributed by atoms with Crippen LogP contribution in [0, 0.1) is 5.82 Å². The molecule has 4 rings (SSSR count). The highest BCUT2D eigenvalue weighted by atomic mass is 19.1. The van der Waals surface area contributed by atoms with Gasteiger partial charge in [-0.2, -0.15) is 0 Å². The van der Waals surface area contributed by atoms with E-state index in [1.165, 1.54) is 12.1 Å². The van der Waals surface area contributed by atoms with Gasteiger partial charge in [-0.25, -0.2) is 9.07 Å². The summed E-state index contributed by atoms with van der Waals surface area (Å²) in [6.07, 6.45) is 3.00. The van der Waals surface area contributed by atoms with E-state index in [-0.39, 0.29) is 24.1 Å². The average Bonchev–Trinajstić information content (AvgIpc) is 3.26. The number of ether oxygens (including phenoxy) is 2. The second-order valence-electron chi connectivity index (χ2n) is 6.71. The van der Waals surface area contributed by atoms with Crippen molar-refractivity contribution in [2.45, 2.75) is 44.4 Å². The van der Waals surface area contributed by atoms with E-state index in [1.807, 2.05) is 4.68 Å². The van der Waals surface area contributed by atoms with Gasteiger partial charge in [0, 0.05) is 19.6 Å². The van der Waals surface area contributed by atoms with Gasteiger partial charge in [-0.1, -0.05) is 5.10 Å². The third-order valence-electron chi connectivity index (χ3n) is 4.82. The molecular weight excluding hydrogens is 325 g/mol. The van der Waals surface area contributed by atoms with E-state index in [0.717, 1.165) is 44.9 Å². The van der Waals surface area contributed by atoms with Crippen molar-refractivity contribution in [2.24, 2.45) is 0 Å². The van der Waals surface area contributed by atoms with Crippen LogP contribution in [0.15, 0.2) is 24.3 Å². The third kappa shape index (κ3) is 3.58. The molecule has 3 atom stereocenters. The summed E-state index contributed by atoms with van der Waals surface area (Å²) in [5.74, 6) is 1.22. The van der Waals surface area contributed by atoms with Crippen LogP contribution in [0.5, 0.6) is 5.75 Å². The monoisotopic (exact) mass is 347 g/mol. The fourth-order valence-corrected chi connectivity index (χ4v) is 3.54. The maximum absolute atomic E-state index is 13.0. The lowest BCUT2D eigenvalue weighted by molar-refractivity contribution is 0.00343. The number of halogens is 1. The van der Waals surface area contributed by atoms with Gasteiger partial charge in [-0.3, -0.25) is 0 Å². The van der Waals surface area contributed by atoms with Crippen molar-refractivity contribution < 1.29 is 13.9 Å². The van der Waals surface area contributed by atoms with Gasteiger partial charge in [-0.15, -0.1) is 0 Å². The molecule has 8 heteroatoms. The molecule has 0 saturated carbocycles. The molecule has 2 aliphatic rings. The Balaban J connectivity index is 1.42. The normalized spacial score (nSPS) is 26.8. The summed E-state index contributed by atoms with van der Waals surface area (Å²) in [4.78, 5) is 2.16. The van der Waals surface area contributed by atoms with Gasteiger partial charge >= 0.3 is 0 Å². The van der Waals surface area contributed by atoms with Crippen LogP contribution in [-0.4, -0.2) is 52.1 Å². The molecule has 2 unspecified atom stereocenters. The van der Waals surface area contributed by atoms with Crippen molar-refractivity contribution in [1.82, 2.24) is 20.2 Å². The van der Waals surface area contributed by atoms with E-state index in [0.29, 0.717) is 5.75 Å². The third-order valence-corrected chi connectivity index (χ3v) is 4.82. The summed E-state index contributed by atoms with van der Waals surface area (Å²) in [7, 11) is 0. The first-order valence-corrected chi connectivity index (χ1v) is 8.75. The largest absolute Gasteiger partial charge is 0.489 e. The molecule has 25 heavy (non-hydrogen) atoms. The van der Waals surface area contributed by atoms with E-state index in [1.54, 1.807) is 12.1 Å². The summed E-state index contributed by atoms with van der Waals surface area (Å²) < 4.78 is 26.5. The van der Waals surface area contributed by atoms with Gasteiger partial charge in [0.05, 0.1) is 18.7 Å². The summed E-state index contributed by atoms with van der Waals surface area (Å²) in [6, 6.07) is 6.41. The van der Waals surface area contributed by atoms with E-state index in [2.05, 4.69) is 27.3 Å². The van der Waals surface area contributed by atoms with Crippen LogP contribution in [0.2, 0.25) is 0 Å². The zero-order valence-electron chi connectivity index (χ0n) is 14.2. The molecule has 1 aromatic carbocycles. The summed E-state index contributed by atoms with van der Waals surface area (Å²) >= 11 is 0. The van der Waals surface area contributed by atoms with Crippen LogP contribution in [0.4, 0.5) is 10.3 Å². The lowest BCUT2D eigenvalue weighted by atomic mass is 10.0. The van der Waals surface area contributed by atoms with Gasteiger partial charge < -0.3 is 14.4 Å². The van der Waals surface area contributed by atoms with Crippen LogP contribution in [0.1, 0.15) is 32.2 Å². The van der Waals surface area contributed by atoms with Crippen molar-refractivity contribution in [2.75, 3.05) is 24.6 Å². The Kier molecular flexibility index (Phi) is 4.52. The smallest absolute Gasteiger partial charge is 0.245 e. The molecular formula is C17H22FN5O2. The molecule has 0 aliphatic carbocycles. The fraction of sp³-hybridized carbons (Fsp3) is 0.588. The Morgan fingerprint density at radius 2 is 2.08 bits per heavy atom. The molecule has 134 valence electrons. The molecule has 2 aliphatic heterocycles. The number of aromatic nitrogens is 4. The lowest BCUT2D eigenvalue weighted by Gasteiger charge is -2.29. The summed E-state index contributed by atoms with van der Waals surface area (Å²) in [5.41, 5.74) is 0. The topological polar surface area (TPSA) is 65.3 Å². The maximum atomic E-state index is 13.0. The highest BCUT2D eigenvalue weighted by Gasteiger charge is 2.31. The number of hydrogen-bond donors (Lipinski definition) is 0. The summed E-state index contributed by atoms with van der Waals surface area (Å²) in [6.45, 7) is 4.38. The molecule has 0 amide bonds. The molecule has 1 aromatic heterocycles. The number of rotatable bonds is 4. The fourth-order valence-electron chi connectivity index (χ4n) is 3.54. The summed E-state index contributed by atoms with van der Waals surface area (Å²) in [5, 5.41) is 12.3. The van der Waals surface area contributed by atoms with Crippen LogP contribution < -0.4 is 9.64 Å². The zero-order valence-corrected chi connectivity index (χ0v) is 14.2. The van der Waals surface area contributed by atoms with Crippen LogP contribution >= 0.6 is 0 Å². The number of anilines is 1. The Bertz CT molecular complexity index is 707. The van der Waals surface area contributed by atoms with Crippen LogP contribution in [-0.2, 0) is 4.74 Å².